The quantitative estimate of drug-likeness (QED) is 0.343. The third-order valence-corrected chi connectivity index (χ3v) is 7.35. The second-order valence-electron chi connectivity index (χ2n) is 10.2. The third-order valence-electron chi connectivity index (χ3n) is 6.10. The first-order valence-electron chi connectivity index (χ1n) is 12.7. The number of nitrogens with one attached hydrogen (secondary N) is 2. The van der Waals surface area contributed by atoms with Gasteiger partial charge in [-0.2, -0.15) is 9.29 Å². The highest BCUT2D eigenvalue weighted by Crippen LogP contribution is 2.32. The number of carbonyl (C=O) groups is 1. The van der Waals surface area contributed by atoms with Crippen molar-refractivity contribution in [2.24, 2.45) is 0 Å². The molecule has 2 aromatic carbocycles. The molecule has 0 bridgehead atoms. The van der Waals surface area contributed by atoms with Gasteiger partial charge in [0.2, 0.25) is 5.95 Å². The van der Waals surface area contributed by atoms with E-state index in [0.29, 0.717) is 54.7 Å². The van der Waals surface area contributed by atoms with Crippen LogP contribution in [-0.4, -0.2) is 70.6 Å². The molecule has 40 heavy (non-hydrogen) atoms. The van der Waals surface area contributed by atoms with E-state index in [1.807, 2.05) is 49.9 Å². The Morgan fingerprint density at radius 2 is 1.85 bits per heavy atom. The molecule has 1 atom stereocenters. The van der Waals surface area contributed by atoms with E-state index in [1.54, 1.807) is 34.6 Å². The molecule has 0 spiro atoms. The summed E-state index contributed by atoms with van der Waals surface area (Å²) in [6.45, 7) is 7.34. The number of carbonyl (C=O) groups excluding carboxylic acids is 1. The van der Waals surface area contributed by atoms with Gasteiger partial charge in [-0.1, -0.05) is 23.7 Å². The first-order valence-corrected chi connectivity index (χ1v) is 14.6. The Morgan fingerprint density at radius 1 is 1.15 bits per heavy atom. The monoisotopic (exact) mass is 589 g/mol. The molecular formula is C27H33ClFN7O3S. The molecule has 4 rings (SSSR count). The third kappa shape index (κ3) is 7.38. The summed E-state index contributed by atoms with van der Waals surface area (Å²) in [7, 11) is 1.73. The molecule has 214 valence electrons. The van der Waals surface area contributed by atoms with Crippen molar-refractivity contribution < 1.29 is 18.5 Å². The van der Waals surface area contributed by atoms with Crippen LogP contribution in [0.3, 0.4) is 0 Å². The maximum Gasteiger partial charge on any atom is 0.410 e. The number of anilines is 6. The van der Waals surface area contributed by atoms with Gasteiger partial charge >= 0.3 is 6.09 Å². The largest absolute Gasteiger partial charge is 0.593 e. The Bertz CT molecular complexity index is 1350. The predicted molar refractivity (Wildman–Crippen MR) is 159 cm³/mol. The number of aromatic nitrogens is 2. The van der Waals surface area contributed by atoms with Crippen LogP contribution in [0.4, 0.5) is 43.7 Å². The van der Waals surface area contributed by atoms with E-state index < -0.39 is 22.8 Å². The van der Waals surface area contributed by atoms with Gasteiger partial charge in [-0.05, 0) is 51.1 Å². The molecule has 0 saturated carbocycles. The Morgan fingerprint density at radius 3 is 2.50 bits per heavy atom. The summed E-state index contributed by atoms with van der Waals surface area (Å²) in [4.78, 5) is 24.5. The van der Waals surface area contributed by atoms with Crippen LogP contribution in [0.5, 0.6) is 0 Å². The number of benzene rings is 2. The van der Waals surface area contributed by atoms with Crippen LogP contribution in [0.15, 0.2) is 48.7 Å². The molecular weight excluding hydrogens is 557 g/mol. The molecule has 1 fully saturated rings. The second kappa shape index (κ2) is 12.4. The lowest BCUT2D eigenvalue weighted by molar-refractivity contribution is 0.0240. The topological polar surface area (TPSA) is 109 Å². The number of piperazine rings is 1. The molecule has 10 nitrogen and oxygen atoms in total. The fourth-order valence-electron chi connectivity index (χ4n) is 4.06. The van der Waals surface area contributed by atoms with Crippen molar-refractivity contribution in [3.8, 4) is 0 Å². The Labute approximate surface area is 241 Å². The molecule has 2 N–H and O–H groups in total. The number of ether oxygens (including phenoxy) is 1. The van der Waals surface area contributed by atoms with Crippen molar-refractivity contribution in [3.63, 3.8) is 0 Å². The molecule has 1 saturated heterocycles. The summed E-state index contributed by atoms with van der Waals surface area (Å²) in [5, 5.41) is 6.48. The van der Waals surface area contributed by atoms with Crippen LogP contribution in [0, 0.1) is 5.82 Å². The van der Waals surface area contributed by atoms with Gasteiger partial charge < -0.3 is 29.7 Å². The maximum absolute atomic E-state index is 15.1. The number of para-hydroxylation sites is 2. The minimum Gasteiger partial charge on any atom is -0.593 e. The van der Waals surface area contributed by atoms with Gasteiger partial charge in [-0.15, -0.1) is 0 Å². The highest BCUT2D eigenvalue weighted by Gasteiger charge is 2.27. The van der Waals surface area contributed by atoms with E-state index in [2.05, 4.69) is 20.6 Å². The summed E-state index contributed by atoms with van der Waals surface area (Å²) < 4.78 is 34.2. The van der Waals surface area contributed by atoms with E-state index in [9.17, 15) is 9.35 Å². The number of rotatable bonds is 7. The van der Waals surface area contributed by atoms with Crippen molar-refractivity contribution in [1.29, 1.82) is 0 Å². The van der Waals surface area contributed by atoms with Crippen molar-refractivity contribution in [1.82, 2.24) is 14.9 Å². The van der Waals surface area contributed by atoms with E-state index in [0.717, 1.165) is 0 Å². The Kier molecular flexibility index (Phi) is 9.12. The normalized spacial score (nSPS) is 14.5. The minimum atomic E-state index is -1.23. The SMILES string of the molecule is CN(c1ccccc1Nc1nc(Nc2ccc(N3CCN(C(=O)OC(C)(C)C)CC3)c(F)c2)ncc1Cl)[S+](C)[O-]. The summed E-state index contributed by atoms with van der Waals surface area (Å²) in [6.07, 6.45) is 2.67. The summed E-state index contributed by atoms with van der Waals surface area (Å²) in [5.74, 6) is 0.143. The van der Waals surface area contributed by atoms with Gasteiger partial charge in [0.05, 0.1) is 36.0 Å². The fourth-order valence-corrected chi connectivity index (χ4v) is 4.64. The first kappa shape index (κ1) is 29.5. The second-order valence-corrected chi connectivity index (χ2v) is 12.0. The number of halogens is 2. The summed E-state index contributed by atoms with van der Waals surface area (Å²) in [6, 6.07) is 12.1. The van der Waals surface area contributed by atoms with Crippen molar-refractivity contribution in [2.45, 2.75) is 26.4 Å². The number of hydrogen-bond acceptors (Lipinski definition) is 9. The molecule has 0 aliphatic carbocycles. The van der Waals surface area contributed by atoms with Crippen LogP contribution in [0.25, 0.3) is 0 Å². The van der Waals surface area contributed by atoms with E-state index in [4.69, 9.17) is 16.3 Å². The van der Waals surface area contributed by atoms with Gasteiger partial charge in [0.1, 0.15) is 28.4 Å². The average Bonchev–Trinajstić information content (AvgIpc) is 2.90. The van der Waals surface area contributed by atoms with Gasteiger partial charge in [-0.3, -0.25) is 0 Å². The molecule has 1 aliphatic heterocycles. The Hall–Kier alpha value is -3.48. The molecule has 0 radical (unpaired) electrons. The molecule has 13 heteroatoms. The highest BCUT2D eigenvalue weighted by molar-refractivity contribution is 7.92. The van der Waals surface area contributed by atoms with Gasteiger partial charge in [0.15, 0.2) is 5.82 Å². The lowest BCUT2D eigenvalue weighted by atomic mass is 10.2. The lowest BCUT2D eigenvalue weighted by Gasteiger charge is -2.36. The van der Waals surface area contributed by atoms with Crippen molar-refractivity contribution in [3.05, 3.63) is 59.5 Å². The summed E-state index contributed by atoms with van der Waals surface area (Å²) in [5.41, 5.74) is 1.71. The van der Waals surface area contributed by atoms with Crippen LogP contribution in [0.1, 0.15) is 20.8 Å². The molecule has 1 unspecified atom stereocenters. The Balaban J connectivity index is 1.43. The van der Waals surface area contributed by atoms with E-state index in [1.165, 1.54) is 12.3 Å². The first-order chi connectivity index (χ1) is 18.9. The van der Waals surface area contributed by atoms with Crippen LogP contribution >= 0.6 is 11.6 Å². The van der Waals surface area contributed by atoms with Gasteiger partial charge in [0, 0.05) is 31.9 Å². The number of amides is 1. The lowest BCUT2D eigenvalue weighted by Crippen LogP contribution is -2.50. The standard InChI is InChI=1S/C27H33ClFN7O3S/c1-27(2,3)39-26(37)36-14-12-35(13-15-36)22-11-10-18(16-20(22)29)31-25-30-17-19(28)24(33-25)32-21-8-6-7-9-23(21)34(4)40(5)38/h6-11,16-17H,12-15H2,1-5H3,(H2,30,31,32,33). The minimum absolute atomic E-state index is 0.218. The van der Waals surface area contributed by atoms with Crippen LogP contribution in [0.2, 0.25) is 5.02 Å². The zero-order valence-corrected chi connectivity index (χ0v) is 24.6. The molecule has 1 aromatic heterocycles. The molecule has 1 amide bonds. The molecule has 2 heterocycles. The maximum atomic E-state index is 15.1. The number of hydrogen-bond donors (Lipinski definition) is 2. The van der Waals surface area contributed by atoms with Crippen LogP contribution < -0.4 is 19.8 Å². The predicted octanol–water partition coefficient (Wildman–Crippen LogP) is 5.54. The zero-order chi connectivity index (χ0) is 29.0. The van der Waals surface area contributed by atoms with E-state index in [-0.39, 0.29) is 17.1 Å². The number of nitrogens with zero attached hydrogens (tertiary/aromatic N) is 5. The summed E-state index contributed by atoms with van der Waals surface area (Å²) >= 11 is 5.12. The fraction of sp³-hybridized carbons (Fsp3) is 0.370. The average molecular weight is 590 g/mol. The van der Waals surface area contributed by atoms with E-state index >= 15 is 4.39 Å². The van der Waals surface area contributed by atoms with Gasteiger partial charge in [-0.25, -0.2) is 14.2 Å². The van der Waals surface area contributed by atoms with Crippen LogP contribution in [-0.2, 0) is 16.1 Å². The van der Waals surface area contributed by atoms with Gasteiger partial charge in [0.25, 0.3) is 0 Å². The zero-order valence-electron chi connectivity index (χ0n) is 23.1. The highest BCUT2D eigenvalue weighted by atomic mass is 35.5. The van der Waals surface area contributed by atoms with Crippen molar-refractivity contribution in [2.75, 3.05) is 59.3 Å². The van der Waals surface area contributed by atoms with Crippen molar-refractivity contribution >= 4 is 63.6 Å². The smallest absolute Gasteiger partial charge is 0.410 e. The molecule has 3 aromatic rings. The molecule has 1 aliphatic rings.